The number of pyridine rings is 1. The summed E-state index contributed by atoms with van der Waals surface area (Å²) in [5, 5.41) is 16.0. The van der Waals surface area contributed by atoms with E-state index in [-0.39, 0.29) is 11.9 Å². The number of anilines is 2. The Morgan fingerprint density at radius 1 is 1.36 bits per heavy atom. The van der Waals surface area contributed by atoms with Gasteiger partial charge in [0, 0.05) is 24.8 Å². The third-order valence-corrected chi connectivity index (χ3v) is 5.48. The monoisotopic (exact) mass is 404 g/mol. The number of ether oxygens (including phenoxy) is 1. The zero-order chi connectivity index (χ0) is 19.9. The molecule has 1 aliphatic rings. The molecule has 0 bridgehead atoms. The lowest BCUT2D eigenvalue weighted by Crippen LogP contribution is -2.44. The minimum Gasteiger partial charge on any atom is -0.383 e. The molecule has 0 saturated carbocycles. The van der Waals surface area contributed by atoms with E-state index in [1.165, 1.54) is 11.3 Å². The van der Waals surface area contributed by atoms with E-state index in [0.717, 1.165) is 47.6 Å². The van der Waals surface area contributed by atoms with Crippen LogP contribution in [0, 0.1) is 6.92 Å². The average Bonchev–Trinajstić information content (AvgIpc) is 3.07. The minimum atomic E-state index is 0.0336. The van der Waals surface area contributed by atoms with Crippen LogP contribution in [0.2, 0.25) is 0 Å². The first-order valence-electron chi connectivity index (χ1n) is 9.58. The van der Waals surface area contributed by atoms with Gasteiger partial charge in [0.05, 0.1) is 13.2 Å². The highest BCUT2D eigenvalue weighted by Crippen LogP contribution is 2.28. The van der Waals surface area contributed by atoms with Gasteiger partial charge in [-0.2, -0.15) is 0 Å². The smallest absolute Gasteiger partial charge is 0.234 e. The lowest BCUT2D eigenvalue weighted by atomic mass is 9.93. The predicted octanol–water partition coefficient (Wildman–Crippen LogP) is 2.32. The van der Waals surface area contributed by atoms with Crippen molar-refractivity contribution >= 4 is 28.2 Å². The third kappa shape index (κ3) is 5.95. The molecule has 0 unspecified atom stereocenters. The number of nitrogens with zero attached hydrogens (tertiary/aromatic N) is 4. The summed E-state index contributed by atoms with van der Waals surface area (Å²) in [6.45, 7) is 6.63. The van der Waals surface area contributed by atoms with Crippen molar-refractivity contribution in [1.82, 2.24) is 25.4 Å². The zero-order valence-electron chi connectivity index (χ0n) is 16.6. The van der Waals surface area contributed by atoms with E-state index >= 15 is 0 Å². The van der Waals surface area contributed by atoms with Gasteiger partial charge in [-0.15, -0.1) is 10.2 Å². The van der Waals surface area contributed by atoms with E-state index in [0.29, 0.717) is 19.1 Å². The topological polar surface area (TPSA) is 92.3 Å². The first kappa shape index (κ1) is 20.6. The predicted molar refractivity (Wildman–Crippen MR) is 110 cm³/mol. The fourth-order valence-corrected chi connectivity index (χ4v) is 4.01. The Bertz CT molecular complexity index is 775. The largest absolute Gasteiger partial charge is 0.383 e. The van der Waals surface area contributed by atoms with Crippen LogP contribution in [-0.2, 0) is 9.53 Å². The highest BCUT2D eigenvalue weighted by Gasteiger charge is 2.23. The number of rotatable bonds is 8. The molecule has 1 aliphatic heterocycles. The van der Waals surface area contributed by atoms with Gasteiger partial charge >= 0.3 is 0 Å². The van der Waals surface area contributed by atoms with Crippen molar-refractivity contribution in [2.24, 2.45) is 0 Å². The van der Waals surface area contributed by atoms with E-state index in [1.54, 1.807) is 7.11 Å². The van der Waals surface area contributed by atoms with Gasteiger partial charge in [0.15, 0.2) is 0 Å². The molecule has 3 heterocycles. The lowest BCUT2D eigenvalue weighted by molar-refractivity contribution is -0.123. The standard InChI is InChI=1S/C19H28N6O2S/c1-13(12-27-3)20-18(26)11-25-9-7-15(8-10-25)16-5-4-6-17(21-16)22-19-24-23-14(2)28-19/h4-6,13,15H,7-12H2,1-3H3,(H,20,26)(H,21,22,24)/t13-/m1/s1. The fourth-order valence-electron chi connectivity index (χ4n) is 3.41. The summed E-state index contributed by atoms with van der Waals surface area (Å²) in [6, 6.07) is 6.08. The molecule has 1 fully saturated rings. The summed E-state index contributed by atoms with van der Waals surface area (Å²) in [6.07, 6.45) is 1.99. The first-order valence-corrected chi connectivity index (χ1v) is 10.4. The lowest BCUT2D eigenvalue weighted by Gasteiger charge is -2.31. The number of carbonyl (C=O) groups excluding carboxylic acids is 1. The maximum atomic E-state index is 12.1. The molecule has 8 nitrogen and oxygen atoms in total. The van der Waals surface area contributed by atoms with Crippen LogP contribution in [0.3, 0.4) is 0 Å². The van der Waals surface area contributed by atoms with E-state index in [9.17, 15) is 4.79 Å². The fraction of sp³-hybridized carbons (Fsp3) is 0.579. The van der Waals surface area contributed by atoms with Crippen LogP contribution in [0.25, 0.3) is 0 Å². The molecule has 0 aromatic carbocycles. The normalized spacial score (nSPS) is 16.7. The van der Waals surface area contributed by atoms with Crippen LogP contribution in [0.5, 0.6) is 0 Å². The summed E-state index contributed by atoms with van der Waals surface area (Å²) in [5.74, 6) is 1.26. The molecule has 1 atom stereocenters. The Morgan fingerprint density at radius 3 is 2.82 bits per heavy atom. The minimum absolute atomic E-state index is 0.0336. The van der Waals surface area contributed by atoms with Gasteiger partial charge in [-0.05, 0) is 51.9 Å². The van der Waals surface area contributed by atoms with Crippen molar-refractivity contribution in [2.45, 2.75) is 38.6 Å². The Kier molecular flexibility index (Phi) is 7.30. The molecule has 2 N–H and O–H groups in total. The van der Waals surface area contributed by atoms with E-state index in [2.05, 4.69) is 31.8 Å². The molecule has 0 spiro atoms. The molecule has 152 valence electrons. The molecule has 28 heavy (non-hydrogen) atoms. The maximum Gasteiger partial charge on any atom is 0.234 e. The van der Waals surface area contributed by atoms with Gasteiger partial charge < -0.3 is 15.4 Å². The first-order chi connectivity index (χ1) is 13.5. The molecular weight excluding hydrogens is 376 g/mol. The van der Waals surface area contributed by atoms with Crippen LogP contribution in [-0.4, -0.2) is 65.4 Å². The van der Waals surface area contributed by atoms with Gasteiger partial charge in [-0.1, -0.05) is 17.4 Å². The van der Waals surface area contributed by atoms with Gasteiger partial charge in [-0.25, -0.2) is 4.98 Å². The van der Waals surface area contributed by atoms with Crippen molar-refractivity contribution < 1.29 is 9.53 Å². The summed E-state index contributed by atoms with van der Waals surface area (Å²) in [7, 11) is 1.64. The second-order valence-corrected chi connectivity index (χ2v) is 8.35. The number of nitrogens with one attached hydrogen (secondary N) is 2. The molecule has 0 radical (unpaired) electrons. The molecular formula is C19H28N6O2S. The molecule has 1 saturated heterocycles. The number of piperidine rings is 1. The number of amides is 1. The van der Waals surface area contributed by atoms with Crippen molar-refractivity contribution in [3.05, 3.63) is 28.9 Å². The summed E-state index contributed by atoms with van der Waals surface area (Å²) < 4.78 is 5.06. The molecule has 9 heteroatoms. The molecule has 2 aromatic heterocycles. The quantitative estimate of drug-likeness (QED) is 0.697. The van der Waals surface area contributed by atoms with Crippen LogP contribution < -0.4 is 10.6 Å². The number of likely N-dealkylation sites (tertiary alicyclic amines) is 1. The second-order valence-electron chi connectivity index (χ2n) is 7.17. The number of aryl methyl sites for hydroxylation is 1. The second kappa shape index (κ2) is 9.90. The molecule has 0 aliphatic carbocycles. The molecule has 3 rings (SSSR count). The van der Waals surface area contributed by atoms with E-state index in [4.69, 9.17) is 9.72 Å². The zero-order valence-corrected chi connectivity index (χ0v) is 17.5. The number of hydrogen-bond donors (Lipinski definition) is 2. The van der Waals surface area contributed by atoms with Crippen molar-refractivity contribution in [2.75, 3.05) is 38.7 Å². The SMILES string of the molecule is COC[C@@H](C)NC(=O)CN1CCC(c2cccc(Nc3nnc(C)s3)n2)CC1. The van der Waals surface area contributed by atoms with Crippen molar-refractivity contribution in [1.29, 1.82) is 0 Å². The van der Waals surface area contributed by atoms with Gasteiger partial charge in [0.25, 0.3) is 0 Å². The number of hydrogen-bond acceptors (Lipinski definition) is 8. The highest BCUT2D eigenvalue weighted by atomic mass is 32.1. The van der Waals surface area contributed by atoms with Crippen LogP contribution in [0.1, 0.15) is 36.4 Å². The number of aromatic nitrogens is 3. The van der Waals surface area contributed by atoms with E-state index in [1.807, 2.05) is 26.0 Å². The Morgan fingerprint density at radius 2 is 2.14 bits per heavy atom. The summed E-state index contributed by atoms with van der Waals surface area (Å²) in [4.78, 5) is 19.1. The Labute approximate surface area is 169 Å². The molecule has 2 aromatic rings. The van der Waals surface area contributed by atoms with Crippen LogP contribution in [0.15, 0.2) is 18.2 Å². The Hall–Kier alpha value is -2.10. The third-order valence-electron chi connectivity index (χ3n) is 4.73. The highest BCUT2D eigenvalue weighted by molar-refractivity contribution is 7.15. The van der Waals surface area contributed by atoms with Crippen LogP contribution >= 0.6 is 11.3 Å². The summed E-state index contributed by atoms with van der Waals surface area (Å²) in [5.41, 5.74) is 1.09. The van der Waals surface area contributed by atoms with Gasteiger partial charge in [-0.3, -0.25) is 9.69 Å². The van der Waals surface area contributed by atoms with Gasteiger partial charge in [0.1, 0.15) is 10.8 Å². The molecule has 1 amide bonds. The summed E-state index contributed by atoms with van der Waals surface area (Å²) >= 11 is 1.51. The average molecular weight is 405 g/mol. The van der Waals surface area contributed by atoms with Crippen molar-refractivity contribution in [3.63, 3.8) is 0 Å². The van der Waals surface area contributed by atoms with Crippen molar-refractivity contribution in [3.8, 4) is 0 Å². The van der Waals surface area contributed by atoms with E-state index < -0.39 is 0 Å². The maximum absolute atomic E-state index is 12.1. The van der Waals surface area contributed by atoms with Gasteiger partial charge in [0.2, 0.25) is 11.0 Å². The van der Waals surface area contributed by atoms with Crippen LogP contribution in [0.4, 0.5) is 10.9 Å². The number of methoxy groups -OCH3 is 1. The number of carbonyl (C=O) groups is 1. The Balaban J connectivity index is 1.49.